The van der Waals surface area contributed by atoms with Crippen molar-refractivity contribution in [3.8, 4) is 11.4 Å². The van der Waals surface area contributed by atoms with Crippen LogP contribution in [-0.2, 0) is 0 Å². The summed E-state index contributed by atoms with van der Waals surface area (Å²) < 4.78 is 6.90. The van der Waals surface area contributed by atoms with E-state index >= 15 is 0 Å². The third-order valence-electron chi connectivity index (χ3n) is 9.50. The molecule has 0 atom stereocenters. The Kier molecular flexibility index (Phi) is 7.87. The molecular weight excluding hydrogens is 574 g/mol. The molecule has 238 valence electrons. The van der Waals surface area contributed by atoms with Crippen LogP contribution >= 0.6 is 0 Å². The van der Waals surface area contributed by atoms with Crippen molar-refractivity contribution in [2.75, 3.05) is 0 Å². The molecule has 5 nitrogen and oxygen atoms in total. The highest BCUT2D eigenvalue weighted by atomic mass is 15.4. The first-order valence-corrected chi connectivity index (χ1v) is 17.1. The maximum Gasteiger partial charge on any atom is 0.239 e. The van der Waals surface area contributed by atoms with Crippen molar-refractivity contribution in [2.24, 2.45) is 5.10 Å². The van der Waals surface area contributed by atoms with E-state index in [0.29, 0.717) is 23.7 Å². The van der Waals surface area contributed by atoms with Crippen LogP contribution in [-0.4, -0.2) is 18.8 Å². The lowest BCUT2D eigenvalue weighted by Gasteiger charge is -2.22. The summed E-state index contributed by atoms with van der Waals surface area (Å²) in [6.45, 7) is 18.3. The number of rotatable bonds is 7. The number of aromatic nitrogens is 4. The molecule has 7 rings (SSSR count). The van der Waals surface area contributed by atoms with Gasteiger partial charge in [0.15, 0.2) is 5.65 Å². The van der Waals surface area contributed by atoms with Crippen molar-refractivity contribution < 1.29 is 0 Å². The number of benzene rings is 4. The summed E-state index contributed by atoms with van der Waals surface area (Å²) in [5, 5.41) is 8.13. The molecule has 4 aromatic carbocycles. The second-order valence-corrected chi connectivity index (χ2v) is 14.0. The Hall–Kier alpha value is -4.90. The Labute approximate surface area is 277 Å². The van der Waals surface area contributed by atoms with Crippen molar-refractivity contribution >= 4 is 33.0 Å². The first-order valence-electron chi connectivity index (χ1n) is 17.1. The summed E-state index contributed by atoms with van der Waals surface area (Å²) in [4.78, 5) is 5.14. The van der Waals surface area contributed by atoms with Gasteiger partial charge in [0.1, 0.15) is 0 Å². The van der Waals surface area contributed by atoms with Crippen LogP contribution in [0.1, 0.15) is 101 Å². The molecule has 0 aliphatic heterocycles. The van der Waals surface area contributed by atoms with Crippen molar-refractivity contribution in [3.63, 3.8) is 0 Å². The van der Waals surface area contributed by atoms with Crippen LogP contribution in [0, 0.1) is 0 Å². The Morgan fingerprint density at radius 2 is 0.894 bits per heavy atom. The van der Waals surface area contributed by atoms with Gasteiger partial charge in [0, 0.05) is 17.0 Å². The fourth-order valence-electron chi connectivity index (χ4n) is 7.19. The quantitative estimate of drug-likeness (QED) is 0.175. The van der Waals surface area contributed by atoms with Crippen LogP contribution in [0.3, 0.4) is 0 Å². The molecule has 0 aliphatic rings. The molecule has 0 fully saturated rings. The lowest BCUT2D eigenvalue weighted by molar-refractivity contribution is 0.737. The smallest absolute Gasteiger partial charge is 0.239 e. The molecule has 0 unspecified atom stereocenters. The molecule has 5 heteroatoms. The van der Waals surface area contributed by atoms with Gasteiger partial charge in [-0.3, -0.25) is 9.13 Å². The van der Waals surface area contributed by atoms with E-state index in [9.17, 15) is 0 Å². The van der Waals surface area contributed by atoms with E-state index in [1.165, 1.54) is 44.4 Å². The SMILES string of the molecule is CC(C)c1cccc(C(C)C)c1-n1/c(=N\n2c3ccccc3c3ccccc32)n(-c2c(C(C)C)cccc2C(C)C)c2ncccc21. The van der Waals surface area contributed by atoms with E-state index in [4.69, 9.17) is 10.1 Å². The third kappa shape index (κ3) is 5.00. The minimum Gasteiger partial charge on any atom is -0.275 e. The largest absolute Gasteiger partial charge is 0.275 e. The van der Waals surface area contributed by atoms with Crippen molar-refractivity contribution in [3.05, 3.63) is 131 Å². The van der Waals surface area contributed by atoms with Gasteiger partial charge in [-0.05, 0) is 70.2 Å². The van der Waals surface area contributed by atoms with Crippen LogP contribution in [0.5, 0.6) is 0 Å². The highest BCUT2D eigenvalue weighted by Crippen LogP contribution is 2.36. The standard InChI is InChI=1S/C42H45N5/c1-26(2)30-18-13-19-31(27(3)4)39(30)45-38-24-15-25-43-41(38)46(40-32(28(5)6)20-14-21-33(40)29(7)8)42(45)44-47-36-22-11-9-16-34(36)35-17-10-12-23-37(35)47/h9-29H,1-8H3/b44-42+. The Bertz CT molecular complexity index is 2110. The zero-order chi connectivity index (χ0) is 33.0. The summed E-state index contributed by atoms with van der Waals surface area (Å²) in [5.74, 6) is 1.21. The second kappa shape index (κ2) is 12.0. The number of para-hydroxylation sites is 4. The number of fused-ring (bicyclic) bond motifs is 4. The van der Waals surface area contributed by atoms with Crippen molar-refractivity contribution in [1.29, 1.82) is 0 Å². The predicted octanol–water partition coefficient (Wildman–Crippen LogP) is 10.8. The highest BCUT2D eigenvalue weighted by Gasteiger charge is 2.26. The summed E-state index contributed by atoms with van der Waals surface area (Å²) in [7, 11) is 0. The molecule has 0 saturated heterocycles. The lowest BCUT2D eigenvalue weighted by atomic mass is 9.92. The van der Waals surface area contributed by atoms with Gasteiger partial charge >= 0.3 is 0 Å². The maximum absolute atomic E-state index is 5.75. The summed E-state index contributed by atoms with van der Waals surface area (Å²) in [6, 6.07) is 35.0. The minimum atomic E-state index is 0.300. The molecular formula is C42H45N5. The molecule has 0 N–H and O–H groups in total. The molecule has 7 aromatic rings. The first kappa shape index (κ1) is 30.7. The fraction of sp³-hybridized carbons (Fsp3) is 0.286. The van der Waals surface area contributed by atoms with Crippen LogP contribution in [0.2, 0.25) is 0 Å². The Morgan fingerprint density at radius 3 is 1.36 bits per heavy atom. The van der Waals surface area contributed by atoms with E-state index in [0.717, 1.165) is 27.8 Å². The van der Waals surface area contributed by atoms with Crippen LogP contribution in [0.15, 0.2) is 108 Å². The van der Waals surface area contributed by atoms with Gasteiger partial charge in [0.25, 0.3) is 0 Å². The fourth-order valence-corrected chi connectivity index (χ4v) is 7.19. The average molecular weight is 620 g/mol. The molecule has 0 saturated carbocycles. The second-order valence-electron chi connectivity index (χ2n) is 14.0. The first-order chi connectivity index (χ1) is 22.7. The Morgan fingerprint density at radius 1 is 0.468 bits per heavy atom. The predicted molar refractivity (Wildman–Crippen MR) is 197 cm³/mol. The van der Waals surface area contributed by atoms with Gasteiger partial charge in [0.05, 0.1) is 27.9 Å². The van der Waals surface area contributed by atoms with Crippen molar-refractivity contribution in [2.45, 2.75) is 79.1 Å². The molecule has 3 aromatic heterocycles. The maximum atomic E-state index is 5.75. The van der Waals surface area contributed by atoms with Crippen molar-refractivity contribution in [1.82, 2.24) is 18.8 Å². The number of hydrogen-bond acceptors (Lipinski definition) is 2. The summed E-state index contributed by atoms with van der Waals surface area (Å²) in [6.07, 6.45) is 1.91. The molecule has 0 spiro atoms. The minimum absolute atomic E-state index is 0.300. The topological polar surface area (TPSA) is 40.0 Å². The van der Waals surface area contributed by atoms with Crippen LogP contribution in [0.25, 0.3) is 44.3 Å². The van der Waals surface area contributed by atoms with E-state index in [1.54, 1.807) is 0 Å². The van der Waals surface area contributed by atoms with E-state index in [-0.39, 0.29) is 0 Å². The van der Waals surface area contributed by atoms with Gasteiger partial charge in [0.2, 0.25) is 5.62 Å². The van der Waals surface area contributed by atoms with Gasteiger partial charge in [-0.15, -0.1) is 5.10 Å². The number of imidazole rings is 1. The molecule has 0 radical (unpaired) electrons. The van der Waals surface area contributed by atoms with Gasteiger partial charge in [-0.2, -0.15) is 0 Å². The zero-order valence-corrected chi connectivity index (χ0v) is 28.9. The normalized spacial score (nSPS) is 12.7. The molecule has 0 aliphatic carbocycles. The molecule has 47 heavy (non-hydrogen) atoms. The summed E-state index contributed by atoms with van der Waals surface area (Å²) in [5.41, 5.74) is 12.4. The average Bonchev–Trinajstić information content (AvgIpc) is 3.56. The third-order valence-corrected chi connectivity index (χ3v) is 9.50. The van der Waals surface area contributed by atoms with Gasteiger partial charge in [-0.1, -0.05) is 128 Å². The molecule has 3 heterocycles. The lowest BCUT2D eigenvalue weighted by Crippen LogP contribution is -2.29. The van der Waals surface area contributed by atoms with E-state index in [1.807, 2.05) is 6.20 Å². The number of hydrogen-bond donors (Lipinski definition) is 0. The van der Waals surface area contributed by atoms with E-state index < -0.39 is 0 Å². The van der Waals surface area contributed by atoms with Crippen LogP contribution < -0.4 is 5.62 Å². The summed E-state index contributed by atoms with van der Waals surface area (Å²) >= 11 is 0. The monoisotopic (exact) mass is 619 g/mol. The van der Waals surface area contributed by atoms with E-state index in [2.05, 4.69) is 166 Å². The zero-order valence-electron chi connectivity index (χ0n) is 28.9. The molecule has 0 bridgehead atoms. The number of nitrogens with zero attached hydrogens (tertiary/aromatic N) is 5. The Balaban J connectivity index is 1.79. The molecule has 0 amide bonds. The number of pyridine rings is 1. The van der Waals surface area contributed by atoms with Gasteiger partial charge < -0.3 is 0 Å². The highest BCUT2D eigenvalue weighted by molar-refractivity contribution is 6.07. The van der Waals surface area contributed by atoms with Gasteiger partial charge in [-0.25, -0.2) is 9.66 Å². The van der Waals surface area contributed by atoms with Crippen LogP contribution in [0.4, 0.5) is 0 Å².